The first kappa shape index (κ1) is 12.1. The predicted octanol–water partition coefficient (Wildman–Crippen LogP) is -0.751. The van der Waals surface area contributed by atoms with Crippen LogP contribution in [0.15, 0.2) is 12.1 Å². The largest absolute Gasteiger partial charge is 0.508 e. The van der Waals surface area contributed by atoms with Gasteiger partial charge in [0.2, 0.25) is 0 Å². The number of hydrogen-bond acceptors (Lipinski definition) is 6. The Balaban J connectivity index is 3.18. The first-order valence-electron chi connectivity index (χ1n) is 4.26. The maximum Gasteiger partial charge on any atom is 0.323 e. The Bertz CT molecular complexity index is 395. The first-order chi connectivity index (χ1) is 7.34. The molecule has 16 heavy (non-hydrogen) atoms. The quantitative estimate of drug-likeness (QED) is 0.400. The van der Waals surface area contributed by atoms with Crippen LogP contribution in [-0.2, 0) is 4.79 Å². The van der Waals surface area contributed by atoms with Crippen molar-refractivity contribution in [1.82, 2.24) is 0 Å². The fourth-order valence-corrected chi connectivity index (χ4v) is 1.23. The van der Waals surface area contributed by atoms with Crippen LogP contribution >= 0.6 is 0 Å². The van der Waals surface area contributed by atoms with E-state index >= 15 is 0 Å². The number of carboxylic acids is 1. The number of benzene rings is 1. The molecule has 0 aliphatic carbocycles. The van der Waals surface area contributed by atoms with Crippen molar-refractivity contribution < 1.29 is 30.3 Å². The maximum atomic E-state index is 10.5. The van der Waals surface area contributed by atoms with Crippen molar-refractivity contribution in [2.45, 2.75) is 12.1 Å². The summed E-state index contributed by atoms with van der Waals surface area (Å²) < 4.78 is 0. The van der Waals surface area contributed by atoms with E-state index in [-0.39, 0.29) is 0 Å². The average molecular weight is 229 g/mol. The van der Waals surface area contributed by atoms with Gasteiger partial charge in [-0.15, -0.1) is 0 Å². The van der Waals surface area contributed by atoms with Crippen LogP contribution in [0, 0.1) is 0 Å². The summed E-state index contributed by atoms with van der Waals surface area (Å²) in [5.74, 6) is -3.18. The van der Waals surface area contributed by atoms with E-state index in [1.807, 2.05) is 0 Å². The highest BCUT2D eigenvalue weighted by Gasteiger charge is 2.28. The van der Waals surface area contributed by atoms with Crippen LogP contribution in [0.4, 0.5) is 0 Å². The van der Waals surface area contributed by atoms with Crippen LogP contribution in [0.1, 0.15) is 11.7 Å². The number of aliphatic carboxylic acids is 1. The molecule has 2 atom stereocenters. The summed E-state index contributed by atoms with van der Waals surface area (Å²) in [6, 6.07) is 0.0148. The van der Waals surface area contributed by atoms with E-state index < -0.39 is 40.9 Å². The zero-order valence-corrected chi connectivity index (χ0v) is 8.03. The van der Waals surface area contributed by atoms with E-state index in [0.29, 0.717) is 0 Å². The lowest BCUT2D eigenvalue weighted by Gasteiger charge is -2.17. The Labute approximate surface area is 90.0 Å². The van der Waals surface area contributed by atoms with Crippen LogP contribution in [-0.4, -0.2) is 37.5 Å². The molecule has 0 fully saturated rings. The maximum absolute atomic E-state index is 10.5. The highest BCUT2D eigenvalue weighted by atomic mass is 16.4. The van der Waals surface area contributed by atoms with Gasteiger partial charge in [0.25, 0.3) is 0 Å². The zero-order chi connectivity index (χ0) is 12.5. The van der Waals surface area contributed by atoms with E-state index in [1.54, 1.807) is 0 Å². The number of aromatic hydroxyl groups is 3. The number of nitrogens with two attached hydrogens (primary N) is 1. The third kappa shape index (κ3) is 2.15. The molecule has 1 rings (SSSR count). The summed E-state index contributed by atoms with van der Waals surface area (Å²) in [7, 11) is 0. The summed E-state index contributed by atoms with van der Waals surface area (Å²) in [6.07, 6.45) is -1.78. The van der Waals surface area contributed by atoms with Gasteiger partial charge in [0.05, 0.1) is 5.56 Å². The molecule has 7 heteroatoms. The van der Waals surface area contributed by atoms with Crippen LogP contribution < -0.4 is 5.73 Å². The average Bonchev–Trinajstić information content (AvgIpc) is 2.14. The SMILES string of the molecule is NC(C(=O)O)C(O)c1c(O)cc(O)cc1O. The van der Waals surface area contributed by atoms with Crippen molar-refractivity contribution in [1.29, 1.82) is 0 Å². The molecular weight excluding hydrogens is 218 g/mol. The molecule has 0 bridgehead atoms. The number of carboxylic acid groups (broad SMARTS) is 1. The third-order valence-electron chi connectivity index (χ3n) is 2.04. The molecule has 1 aromatic rings. The number of aliphatic hydroxyl groups excluding tert-OH is 1. The Morgan fingerprint density at radius 2 is 1.62 bits per heavy atom. The van der Waals surface area contributed by atoms with Crippen molar-refractivity contribution in [2.75, 3.05) is 0 Å². The topological polar surface area (TPSA) is 144 Å². The van der Waals surface area contributed by atoms with Crippen molar-refractivity contribution in [3.63, 3.8) is 0 Å². The third-order valence-corrected chi connectivity index (χ3v) is 2.04. The smallest absolute Gasteiger partial charge is 0.323 e. The Hall–Kier alpha value is -1.99. The van der Waals surface area contributed by atoms with Crippen LogP contribution in [0.3, 0.4) is 0 Å². The van der Waals surface area contributed by atoms with E-state index in [9.17, 15) is 20.1 Å². The normalized spacial score (nSPS) is 14.4. The molecule has 0 amide bonds. The van der Waals surface area contributed by atoms with Crippen LogP contribution in [0.2, 0.25) is 0 Å². The molecule has 7 N–H and O–H groups in total. The van der Waals surface area contributed by atoms with Crippen molar-refractivity contribution in [3.05, 3.63) is 17.7 Å². The summed E-state index contributed by atoms with van der Waals surface area (Å²) in [6.45, 7) is 0. The number of phenols is 3. The summed E-state index contributed by atoms with van der Waals surface area (Å²) in [4.78, 5) is 10.5. The lowest BCUT2D eigenvalue weighted by molar-refractivity contribution is -0.141. The second-order valence-electron chi connectivity index (χ2n) is 3.21. The van der Waals surface area contributed by atoms with E-state index in [1.165, 1.54) is 0 Å². The second kappa shape index (κ2) is 4.25. The Morgan fingerprint density at radius 1 is 1.19 bits per heavy atom. The molecule has 0 saturated heterocycles. The zero-order valence-electron chi connectivity index (χ0n) is 8.03. The molecule has 2 unspecified atom stereocenters. The number of aliphatic hydroxyl groups is 1. The predicted molar refractivity (Wildman–Crippen MR) is 52.0 cm³/mol. The molecule has 0 radical (unpaired) electrons. The van der Waals surface area contributed by atoms with Gasteiger partial charge < -0.3 is 31.3 Å². The van der Waals surface area contributed by atoms with Gasteiger partial charge in [-0.25, -0.2) is 0 Å². The van der Waals surface area contributed by atoms with Crippen LogP contribution in [0.5, 0.6) is 17.2 Å². The summed E-state index contributed by atoms with van der Waals surface area (Å²) in [5, 5.41) is 45.7. The van der Waals surface area contributed by atoms with Gasteiger partial charge in [-0.05, 0) is 0 Å². The minimum atomic E-state index is -1.78. The second-order valence-corrected chi connectivity index (χ2v) is 3.21. The molecule has 0 aliphatic heterocycles. The van der Waals surface area contributed by atoms with E-state index in [0.717, 1.165) is 12.1 Å². The van der Waals surface area contributed by atoms with E-state index in [2.05, 4.69) is 0 Å². The van der Waals surface area contributed by atoms with Crippen molar-refractivity contribution in [3.8, 4) is 17.2 Å². The number of carbonyl (C=O) groups is 1. The minimum Gasteiger partial charge on any atom is -0.508 e. The summed E-state index contributed by atoms with van der Waals surface area (Å²) in [5.41, 5.74) is 4.70. The van der Waals surface area contributed by atoms with Crippen molar-refractivity contribution in [2.24, 2.45) is 5.73 Å². The molecule has 88 valence electrons. The fourth-order valence-electron chi connectivity index (χ4n) is 1.23. The number of phenolic OH excluding ortho intramolecular Hbond substituents is 3. The highest BCUT2D eigenvalue weighted by Crippen LogP contribution is 2.37. The molecule has 0 spiro atoms. The fraction of sp³-hybridized carbons (Fsp3) is 0.222. The highest BCUT2D eigenvalue weighted by molar-refractivity contribution is 5.75. The molecule has 7 nitrogen and oxygen atoms in total. The lowest BCUT2D eigenvalue weighted by Crippen LogP contribution is -2.36. The number of rotatable bonds is 3. The minimum absolute atomic E-state index is 0.421. The standard InChI is InChI=1S/C9H11NO6/c10-7(9(15)16)8(14)6-4(12)1-3(11)2-5(6)13/h1-2,7-8,11-14H,10H2,(H,15,16). The van der Waals surface area contributed by atoms with Gasteiger partial charge in [0.1, 0.15) is 29.4 Å². The molecule has 1 aromatic carbocycles. The van der Waals surface area contributed by atoms with Gasteiger partial charge in [-0.2, -0.15) is 0 Å². The van der Waals surface area contributed by atoms with Gasteiger partial charge in [0.15, 0.2) is 0 Å². The lowest BCUT2D eigenvalue weighted by atomic mass is 10.0. The monoisotopic (exact) mass is 229 g/mol. The van der Waals surface area contributed by atoms with Gasteiger partial charge >= 0.3 is 5.97 Å². The molecule has 0 aromatic heterocycles. The van der Waals surface area contributed by atoms with E-state index in [4.69, 9.17) is 15.9 Å². The molecule has 0 saturated carbocycles. The molecular formula is C9H11NO6. The van der Waals surface area contributed by atoms with Gasteiger partial charge in [0, 0.05) is 12.1 Å². The van der Waals surface area contributed by atoms with Crippen molar-refractivity contribution >= 4 is 5.97 Å². The Morgan fingerprint density at radius 3 is 2.00 bits per heavy atom. The van der Waals surface area contributed by atoms with Gasteiger partial charge in [-0.1, -0.05) is 0 Å². The van der Waals surface area contributed by atoms with Gasteiger partial charge in [-0.3, -0.25) is 4.79 Å². The van der Waals surface area contributed by atoms with Crippen LogP contribution in [0.25, 0.3) is 0 Å². The Kier molecular flexibility index (Phi) is 3.21. The number of hydrogen-bond donors (Lipinski definition) is 6. The molecule has 0 aliphatic rings. The molecule has 0 heterocycles. The summed E-state index contributed by atoms with van der Waals surface area (Å²) >= 11 is 0. The first-order valence-corrected chi connectivity index (χ1v) is 4.26.